The van der Waals surface area contributed by atoms with Gasteiger partial charge in [-0.2, -0.15) is 0 Å². The van der Waals surface area contributed by atoms with Crippen molar-refractivity contribution in [3.63, 3.8) is 0 Å². The van der Waals surface area contributed by atoms with Crippen molar-refractivity contribution >= 4 is 32.4 Å². The third-order valence-corrected chi connectivity index (χ3v) is 6.55. The van der Waals surface area contributed by atoms with Crippen LogP contribution in [0.3, 0.4) is 0 Å². The van der Waals surface area contributed by atoms with E-state index in [9.17, 15) is 8.42 Å². The predicted molar refractivity (Wildman–Crippen MR) is 132 cm³/mol. The van der Waals surface area contributed by atoms with Crippen molar-refractivity contribution in [2.75, 3.05) is 56.3 Å². The van der Waals surface area contributed by atoms with E-state index in [1.807, 2.05) is 38.2 Å². The van der Waals surface area contributed by atoms with E-state index >= 15 is 0 Å². The molecule has 3 aromatic rings. The molecule has 0 atom stereocenters. The monoisotopic (exact) mass is 469 g/mol. The Balaban J connectivity index is 1.59. The van der Waals surface area contributed by atoms with Crippen molar-refractivity contribution < 1.29 is 8.42 Å². The quantitative estimate of drug-likeness (QED) is 0.560. The highest BCUT2D eigenvalue weighted by atomic mass is 32.2. The first-order valence-corrected chi connectivity index (χ1v) is 12.9. The van der Waals surface area contributed by atoms with Crippen LogP contribution in [-0.2, 0) is 23.1 Å². The number of pyridine rings is 1. The molecule has 10 heteroatoms. The van der Waals surface area contributed by atoms with Gasteiger partial charge in [0.25, 0.3) is 0 Å². The van der Waals surface area contributed by atoms with E-state index in [-0.39, 0.29) is 6.54 Å². The van der Waals surface area contributed by atoms with Gasteiger partial charge in [0.1, 0.15) is 11.6 Å². The first-order valence-electron chi connectivity index (χ1n) is 11.0. The van der Waals surface area contributed by atoms with Crippen molar-refractivity contribution in [2.45, 2.75) is 20.0 Å². The number of hydrogen-bond acceptors (Lipinski definition) is 8. The van der Waals surface area contributed by atoms with Crippen LogP contribution in [0.25, 0.3) is 10.9 Å². The van der Waals surface area contributed by atoms with Crippen LogP contribution in [0.4, 0.5) is 11.5 Å². The summed E-state index contributed by atoms with van der Waals surface area (Å²) in [6.45, 7) is 6.73. The van der Waals surface area contributed by atoms with Crippen LogP contribution in [0.1, 0.15) is 17.1 Å². The zero-order valence-electron chi connectivity index (χ0n) is 19.6. The van der Waals surface area contributed by atoms with Crippen molar-refractivity contribution in [1.82, 2.24) is 24.6 Å². The lowest BCUT2D eigenvalue weighted by Gasteiger charge is -2.33. The molecule has 2 aromatic heterocycles. The fourth-order valence-electron chi connectivity index (χ4n) is 4.11. The first kappa shape index (κ1) is 23.3. The SMILES string of the molecule is Cc1nc(CN(C)c2ccc(CNS(C)(=O)=O)c3cccnc23)cc(N2CCN(C)CC2)n1. The van der Waals surface area contributed by atoms with E-state index in [0.29, 0.717) is 6.54 Å². The van der Waals surface area contributed by atoms with Crippen LogP contribution >= 0.6 is 0 Å². The largest absolute Gasteiger partial charge is 0.367 e. The minimum atomic E-state index is -3.28. The summed E-state index contributed by atoms with van der Waals surface area (Å²) in [6.07, 6.45) is 2.92. The number of benzene rings is 1. The summed E-state index contributed by atoms with van der Waals surface area (Å²) >= 11 is 0. The number of sulfonamides is 1. The second kappa shape index (κ2) is 9.58. The van der Waals surface area contributed by atoms with E-state index in [2.05, 4.69) is 47.5 Å². The molecule has 0 aliphatic carbocycles. The van der Waals surface area contributed by atoms with Crippen molar-refractivity contribution in [3.05, 3.63) is 53.6 Å². The molecule has 1 saturated heterocycles. The molecule has 0 bridgehead atoms. The third-order valence-electron chi connectivity index (χ3n) is 5.88. The van der Waals surface area contributed by atoms with Gasteiger partial charge in [0.15, 0.2) is 0 Å². The second-order valence-corrected chi connectivity index (χ2v) is 10.5. The van der Waals surface area contributed by atoms with Crippen molar-refractivity contribution in [3.8, 4) is 0 Å². The maximum absolute atomic E-state index is 11.6. The summed E-state index contributed by atoms with van der Waals surface area (Å²) in [5.74, 6) is 1.74. The lowest BCUT2D eigenvalue weighted by Crippen LogP contribution is -2.45. The molecule has 33 heavy (non-hydrogen) atoms. The molecule has 1 aliphatic rings. The average Bonchev–Trinajstić information content (AvgIpc) is 2.77. The van der Waals surface area contributed by atoms with Crippen molar-refractivity contribution in [1.29, 1.82) is 0 Å². The van der Waals surface area contributed by atoms with Crippen molar-refractivity contribution in [2.24, 2.45) is 0 Å². The van der Waals surface area contributed by atoms with Crippen LogP contribution in [-0.4, -0.2) is 74.8 Å². The highest BCUT2D eigenvalue weighted by molar-refractivity contribution is 7.88. The summed E-state index contributed by atoms with van der Waals surface area (Å²) in [5, 5.41) is 0.926. The number of fused-ring (bicyclic) bond motifs is 1. The molecular formula is C23H31N7O2S. The fourth-order valence-corrected chi connectivity index (χ4v) is 4.52. The Morgan fingerprint density at radius 3 is 2.61 bits per heavy atom. The molecule has 176 valence electrons. The van der Waals surface area contributed by atoms with Gasteiger partial charge in [0.2, 0.25) is 10.0 Å². The van der Waals surface area contributed by atoms with Gasteiger partial charge in [-0.25, -0.2) is 23.1 Å². The molecular weight excluding hydrogens is 438 g/mol. The predicted octanol–water partition coefficient (Wildman–Crippen LogP) is 1.77. The standard InChI is InChI=1S/C23H31N7O2S/c1-17-26-19(14-22(27-17)30-12-10-28(2)11-13-30)16-29(3)21-8-7-18(15-25-33(4,31)32)20-6-5-9-24-23(20)21/h5-9,14,25H,10-13,15-16H2,1-4H3. The fraction of sp³-hybridized carbons (Fsp3) is 0.435. The molecule has 0 amide bonds. The summed E-state index contributed by atoms with van der Waals surface area (Å²) in [5.41, 5.74) is 3.63. The van der Waals surface area contributed by atoms with E-state index in [0.717, 1.165) is 71.9 Å². The minimum absolute atomic E-state index is 0.227. The van der Waals surface area contributed by atoms with Gasteiger partial charge in [-0.3, -0.25) is 4.98 Å². The van der Waals surface area contributed by atoms with Gasteiger partial charge in [0, 0.05) is 57.4 Å². The van der Waals surface area contributed by atoms with Gasteiger partial charge in [0.05, 0.1) is 29.7 Å². The molecule has 0 radical (unpaired) electrons. The number of likely N-dealkylation sites (N-methyl/N-ethyl adjacent to an activating group) is 1. The molecule has 1 aromatic carbocycles. The minimum Gasteiger partial charge on any atom is -0.367 e. The number of anilines is 2. The maximum Gasteiger partial charge on any atom is 0.209 e. The van der Waals surface area contributed by atoms with Crippen LogP contribution in [0.5, 0.6) is 0 Å². The summed E-state index contributed by atoms with van der Waals surface area (Å²) < 4.78 is 25.7. The maximum atomic E-state index is 11.6. The Morgan fingerprint density at radius 2 is 1.88 bits per heavy atom. The van der Waals surface area contributed by atoms with Crippen LogP contribution in [0, 0.1) is 6.92 Å². The van der Waals surface area contributed by atoms with Gasteiger partial charge in [-0.1, -0.05) is 12.1 Å². The van der Waals surface area contributed by atoms with Gasteiger partial charge >= 0.3 is 0 Å². The lowest BCUT2D eigenvalue weighted by atomic mass is 10.1. The van der Waals surface area contributed by atoms with E-state index in [4.69, 9.17) is 0 Å². The molecule has 0 spiro atoms. The second-order valence-electron chi connectivity index (χ2n) is 8.65. The Labute approximate surface area is 195 Å². The van der Waals surface area contributed by atoms with Crippen LogP contribution < -0.4 is 14.5 Å². The Kier molecular flexibility index (Phi) is 6.78. The zero-order valence-corrected chi connectivity index (χ0v) is 20.4. The van der Waals surface area contributed by atoms with Crippen LogP contribution in [0.15, 0.2) is 36.5 Å². The number of nitrogens with one attached hydrogen (secondary N) is 1. The number of aromatic nitrogens is 3. The first-order chi connectivity index (χ1) is 15.7. The number of hydrogen-bond donors (Lipinski definition) is 1. The van der Waals surface area contributed by atoms with E-state index < -0.39 is 10.0 Å². The highest BCUT2D eigenvalue weighted by Crippen LogP contribution is 2.28. The van der Waals surface area contributed by atoms with E-state index in [1.54, 1.807) is 6.20 Å². The number of rotatable bonds is 7. The Bertz CT molecular complexity index is 1240. The van der Waals surface area contributed by atoms with Crippen LogP contribution in [0.2, 0.25) is 0 Å². The third kappa shape index (κ3) is 5.76. The summed E-state index contributed by atoms with van der Waals surface area (Å²) in [7, 11) is 0.881. The van der Waals surface area contributed by atoms with Gasteiger partial charge < -0.3 is 14.7 Å². The molecule has 1 N–H and O–H groups in total. The average molecular weight is 470 g/mol. The smallest absolute Gasteiger partial charge is 0.209 e. The number of nitrogens with zero attached hydrogens (tertiary/aromatic N) is 6. The normalized spacial score (nSPS) is 15.2. The summed E-state index contributed by atoms with van der Waals surface area (Å²) in [6, 6.07) is 9.86. The molecule has 0 unspecified atom stereocenters. The molecule has 1 aliphatic heterocycles. The molecule has 1 fully saturated rings. The summed E-state index contributed by atoms with van der Waals surface area (Å²) in [4.78, 5) is 20.7. The topological polar surface area (TPSA) is 94.6 Å². The lowest BCUT2D eigenvalue weighted by molar-refractivity contribution is 0.312. The highest BCUT2D eigenvalue weighted by Gasteiger charge is 2.18. The molecule has 3 heterocycles. The Hall–Kier alpha value is -2.82. The van der Waals surface area contributed by atoms with Gasteiger partial charge in [-0.05, 0) is 31.7 Å². The molecule has 9 nitrogen and oxygen atoms in total. The number of aryl methyl sites for hydroxylation is 1. The zero-order chi connectivity index (χ0) is 23.6. The van der Waals surface area contributed by atoms with Gasteiger partial charge in [-0.15, -0.1) is 0 Å². The van der Waals surface area contributed by atoms with E-state index in [1.165, 1.54) is 0 Å². The number of piperazine rings is 1. The molecule has 0 saturated carbocycles. The Morgan fingerprint density at radius 1 is 1.12 bits per heavy atom. The molecule has 4 rings (SSSR count).